The van der Waals surface area contributed by atoms with Gasteiger partial charge < -0.3 is 11.1 Å². The van der Waals surface area contributed by atoms with Gasteiger partial charge in [0.1, 0.15) is 0 Å². The monoisotopic (exact) mass is 302 g/mol. The molecule has 2 aromatic heterocycles. The van der Waals surface area contributed by atoms with Crippen molar-refractivity contribution in [3.63, 3.8) is 0 Å². The molecule has 0 fully saturated rings. The maximum Gasteiger partial charge on any atom is 0.279 e. The average Bonchev–Trinajstić information content (AvgIpc) is 2.78. The molecule has 0 bridgehead atoms. The lowest BCUT2D eigenvalue weighted by atomic mass is 10.3. The van der Waals surface area contributed by atoms with E-state index in [2.05, 4.69) is 20.4 Å². The van der Waals surface area contributed by atoms with Gasteiger partial charge in [0.05, 0.1) is 16.7 Å². The van der Waals surface area contributed by atoms with E-state index in [0.29, 0.717) is 11.0 Å². The molecule has 1 aromatic carbocycles. The van der Waals surface area contributed by atoms with Gasteiger partial charge in [0, 0.05) is 13.2 Å². The number of hydrogen-bond donors (Lipinski definition) is 2. The molecule has 0 aliphatic carbocycles. The molecule has 0 atom stereocenters. The Morgan fingerprint density at radius 3 is 2.57 bits per heavy atom. The van der Waals surface area contributed by atoms with Crippen LogP contribution in [-0.2, 0) is 7.05 Å². The van der Waals surface area contributed by atoms with Gasteiger partial charge in [-0.15, -0.1) is 0 Å². The number of carbonyl (C=O) groups excluding carboxylic acids is 1. The molecular weight excluding hydrogens is 292 g/mol. The van der Waals surface area contributed by atoms with E-state index in [0.717, 1.165) is 0 Å². The van der Waals surface area contributed by atoms with Gasteiger partial charge in [-0.1, -0.05) is 23.7 Å². The third kappa shape index (κ3) is 2.50. The molecule has 3 rings (SSSR count). The highest BCUT2D eigenvalue weighted by atomic mass is 35.5. The van der Waals surface area contributed by atoms with Gasteiger partial charge in [0.25, 0.3) is 5.91 Å². The molecule has 0 aliphatic rings. The van der Waals surface area contributed by atoms with Gasteiger partial charge >= 0.3 is 0 Å². The Labute approximate surface area is 124 Å². The van der Waals surface area contributed by atoms with E-state index >= 15 is 0 Å². The van der Waals surface area contributed by atoms with Crippen LogP contribution in [0.5, 0.6) is 0 Å². The Balaban J connectivity index is 1.96. The summed E-state index contributed by atoms with van der Waals surface area (Å²) in [5.41, 5.74) is 7.38. The number of aryl methyl sites for hydroxylation is 1. The van der Waals surface area contributed by atoms with Crippen LogP contribution in [0.4, 0.5) is 11.5 Å². The predicted octanol–water partition coefficient (Wildman–Crippen LogP) is 1.85. The lowest BCUT2D eigenvalue weighted by Gasteiger charge is -2.06. The van der Waals surface area contributed by atoms with Crippen molar-refractivity contribution >= 4 is 40.0 Å². The van der Waals surface area contributed by atoms with E-state index in [-0.39, 0.29) is 22.4 Å². The second-order valence-corrected chi connectivity index (χ2v) is 4.77. The van der Waals surface area contributed by atoms with E-state index in [1.165, 1.54) is 4.68 Å². The molecule has 7 nitrogen and oxygen atoms in total. The topological polar surface area (TPSA) is 98.7 Å². The van der Waals surface area contributed by atoms with Crippen molar-refractivity contribution in [1.29, 1.82) is 0 Å². The van der Waals surface area contributed by atoms with Crippen molar-refractivity contribution in [2.45, 2.75) is 0 Å². The number of aromatic nitrogens is 4. The lowest BCUT2D eigenvalue weighted by molar-refractivity contribution is 0.102. The van der Waals surface area contributed by atoms with Crippen molar-refractivity contribution in [3.8, 4) is 0 Å². The molecule has 0 unspecified atom stereocenters. The molecule has 2 heterocycles. The molecule has 106 valence electrons. The molecule has 1 amide bonds. The van der Waals surface area contributed by atoms with Crippen molar-refractivity contribution < 1.29 is 4.79 Å². The number of anilines is 2. The summed E-state index contributed by atoms with van der Waals surface area (Å²) < 4.78 is 1.46. The smallest absolute Gasteiger partial charge is 0.279 e. The lowest BCUT2D eigenvalue weighted by Crippen LogP contribution is -2.16. The summed E-state index contributed by atoms with van der Waals surface area (Å²) in [5, 5.41) is 6.67. The molecular formula is C13H11ClN6O. The fourth-order valence-electron chi connectivity index (χ4n) is 1.91. The van der Waals surface area contributed by atoms with Gasteiger partial charge in [0.2, 0.25) is 0 Å². The van der Waals surface area contributed by atoms with Crippen LogP contribution in [-0.4, -0.2) is 25.7 Å². The number of halogens is 1. The van der Waals surface area contributed by atoms with E-state index < -0.39 is 5.91 Å². The zero-order valence-electron chi connectivity index (χ0n) is 11.0. The third-order valence-electron chi connectivity index (χ3n) is 2.83. The number of nitrogen functional groups attached to an aromatic ring is 1. The largest absolute Gasteiger partial charge is 0.396 e. The van der Waals surface area contributed by atoms with Gasteiger partial charge in [-0.3, -0.25) is 9.48 Å². The zero-order chi connectivity index (χ0) is 15.0. The van der Waals surface area contributed by atoms with E-state index in [9.17, 15) is 4.79 Å². The number of benzene rings is 1. The number of nitrogens with zero attached hydrogens (tertiary/aromatic N) is 4. The van der Waals surface area contributed by atoms with Crippen LogP contribution in [0.25, 0.3) is 11.0 Å². The minimum absolute atomic E-state index is 0.108. The predicted molar refractivity (Wildman–Crippen MR) is 80.1 cm³/mol. The number of nitrogens with two attached hydrogens (primary N) is 1. The van der Waals surface area contributed by atoms with Crippen molar-refractivity contribution in [2.24, 2.45) is 7.05 Å². The Hall–Kier alpha value is -2.67. The van der Waals surface area contributed by atoms with Crippen LogP contribution in [0.3, 0.4) is 0 Å². The van der Waals surface area contributed by atoms with Gasteiger partial charge in [-0.25, -0.2) is 9.97 Å². The van der Waals surface area contributed by atoms with Gasteiger partial charge in [-0.2, -0.15) is 5.10 Å². The quantitative estimate of drug-likeness (QED) is 0.752. The van der Waals surface area contributed by atoms with Crippen molar-refractivity contribution in [1.82, 2.24) is 19.7 Å². The number of rotatable bonds is 2. The van der Waals surface area contributed by atoms with E-state index in [1.807, 2.05) is 12.1 Å². The molecule has 0 saturated heterocycles. The molecule has 3 aromatic rings. The first-order valence-corrected chi connectivity index (χ1v) is 6.45. The molecule has 0 aliphatic heterocycles. The highest BCUT2D eigenvalue weighted by Crippen LogP contribution is 2.22. The van der Waals surface area contributed by atoms with Crippen LogP contribution in [0.2, 0.25) is 5.15 Å². The van der Waals surface area contributed by atoms with Crippen LogP contribution >= 0.6 is 11.6 Å². The molecule has 8 heteroatoms. The van der Waals surface area contributed by atoms with Crippen LogP contribution in [0, 0.1) is 0 Å². The molecule has 0 saturated carbocycles. The number of fused-ring (bicyclic) bond motifs is 1. The second kappa shape index (κ2) is 5.02. The number of nitrogens with one attached hydrogen (secondary N) is 1. The summed E-state index contributed by atoms with van der Waals surface area (Å²) >= 11 is 6.03. The Morgan fingerprint density at radius 1 is 1.29 bits per heavy atom. The molecule has 3 N–H and O–H groups in total. The highest BCUT2D eigenvalue weighted by Gasteiger charge is 2.17. The SMILES string of the molecule is Cn1cc(N)c(C(=O)Nc2nc3ccccc3nc2Cl)n1. The number of amides is 1. The highest BCUT2D eigenvalue weighted by molar-refractivity contribution is 6.32. The summed E-state index contributed by atoms with van der Waals surface area (Å²) in [5.74, 6) is -0.315. The zero-order valence-corrected chi connectivity index (χ0v) is 11.8. The fourth-order valence-corrected chi connectivity index (χ4v) is 2.09. The van der Waals surface area contributed by atoms with Gasteiger partial charge in [0.15, 0.2) is 16.7 Å². The Morgan fingerprint density at radius 2 is 1.95 bits per heavy atom. The third-order valence-corrected chi connectivity index (χ3v) is 3.10. The number of carbonyl (C=O) groups is 1. The van der Waals surface area contributed by atoms with Crippen LogP contribution < -0.4 is 11.1 Å². The Kier molecular flexibility index (Phi) is 3.19. The second-order valence-electron chi connectivity index (χ2n) is 4.41. The van der Waals surface area contributed by atoms with Crippen molar-refractivity contribution in [2.75, 3.05) is 11.1 Å². The van der Waals surface area contributed by atoms with Crippen LogP contribution in [0.1, 0.15) is 10.5 Å². The molecule has 21 heavy (non-hydrogen) atoms. The number of hydrogen-bond acceptors (Lipinski definition) is 5. The van der Waals surface area contributed by atoms with E-state index in [4.69, 9.17) is 17.3 Å². The van der Waals surface area contributed by atoms with Gasteiger partial charge in [-0.05, 0) is 12.1 Å². The first kappa shape index (κ1) is 13.3. The van der Waals surface area contributed by atoms with Crippen molar-refractivity contribution in [3.05, 3.63) is 41.3 Å². The summed E-state index contributed by atoms with van der Waals surface area (Å²) in [4.78, 5) is 20.6. The maximum atomic E-state index is 12.1. The molecule has 0 radical (unpaired) electrons. The first-order valence-electron chi connectivity index (χ1n) is 6.07. The molecule has 0 spiro atoms. The number of para-hydroxylation sites is 2. The van der Waals surface area contributed by atoms with E-state index in [1.54, 1.807) is 25.4 Å². The average molecular weight is 303 g/mol. The normalized spacial score (nSPS) is 10.8. The summed E-state index contributed by atoms with van der Waals surface area (Å²) in [6.07, 6.45) is 1.54. The first-order chi connectivity index (χ1) is 10.0. The maximum absolute atomic E-state index is 12.1. The summed E-state index contributed by atoms with van der Waals surface area (Å²) in [6, 6.07) is 7.23. The fraction of sp³-hybridized carbons (Fsp3) is 0.0769. The summed E-state index contributed by atoms with van der Waals surface area (Å²) in [6.45, 7) is 0. The summed E-state index contributed by atoms with van der Waals surface area (Å²) in [7, 11) is 1.68. The van der Waals surface area contributed by atoms with Crippen LogP contribution in [0.15, 0.2) is 30.5 Å². The minimum atomic E-state index is -0.486. The Bertz CT molecular complexity index is 844. The standard InChI is InChI=1S/C13H11ClN6O/c1-20-6-7(15)10(19-20)13(21)18-12-11(14)16-8-4-2-3-5-9(8)17-12/h2-6H,15H2,1H3,(H,17,18,21). The minimum Gasteiger partial charge on any atom is -0.396 e.